The monoisotopic (exact) mass is 482 g/mol. The molecule has 2 saturated heterocycles. The largest absolute Gasteiger partial charge is 0.452 e. The molecule has 0 bridgehead atoms. The Morgan fingerprint density at radius 1 is 0.794 bits per heavy atom. The van der Waals surface area contributed by atoms with Gasteiger partial charge < -0.3 is 40.5 Å². The smallest absolute Gasteiger partial charge is 0.330 e. The van der Waals surface area contributed by atoms with E-state index in [4.69, 9.17) is 0 Å². The topological polar surface area (TPSA) is 175 Å². The Kier molecular flexibility index (Phi) is 12.9. The third-order valence-electron chi connectivity index (χ3n) is 4.32. The first-order chi connectivity index (χ1) is 16.3. The molecule has 0 aliphatic carbocycles. The Bertz CT molecular complexity index is 723. The molecule has 0 unspecified atom stereocenters. The Morgan fingerprint density at radius 3 is 1.47 bits per heavy atom. The summed E-state index contributed by atoms with van der Waals surface area (Å²) in [6.45, 7) is 9.81. The van der Waals surface area contributed by atoms with Crippen LogP contribution in [-0.2, 0) is 28.7 Å². The fourth-order valence-corrected chi connectivity index (χ4v) is 2.60. The number of esters is 2. The minimum absolute atomic E-state index is 0.127. The van der Waals surface area contributed by atoms with Crippen molar-refractivity contribution in [2.45, 2.75) is 0 Å². The van der Waals surface area contributed by atoms with Crippen molar-refractivity contribution in [2.24, 2.45) is 0 Å². The van der Waals surface area contributed by atoms with Crippen LogP contribution in [0.1, 0.15) is 0 Å². The van der Waals surface area contributed by atoms with E-state index in [-0.39, 0.29) is 25.3 Å². The highest BCUT2D eigenvalue weighted by Gasteiger charge is 2.19. The predicted molar refractivity (Wildman–Crippen MR) is 118 cm³/mol. The van der Waals surface area contributed by atoms with Crippen molar-refractivity contribution in [3.05, 3.63) is 25.3 Å². The zero-order valence-corrected chi connectivity index (χ0v) is 18.8. The van der Waals surface area contributed by atoms with E-state index >= 15 is 0 Å². The van der Waals surface area contributed by atoms with E-state index in [1.54, 1.807) is 9.80 Å². The first kappa shape index (κ1) is 27.9. The Morgan fingerprint density at radius 2 is 1.18 bits per heavy atom. The van der Waals surface area contributed by atoms with Gasteiger partial charge in [0.2, 0.25) is 0 Å². The number of ether oxygens (including phenoxy) is 2. The van der Waals surface area contributed by atoms with Gasteiger partial charge in [-0.2, -0.15) is 0 Å². The van der Waals surface area contributed by atoms with Gasteiger partial charge in [-0.15, -0.1) is 0 Å². The van der Waals surface area contributed by atoms with E-state index in [0.29, 0.717) is 52.4 Å². The summed E-state index contributed by atoms with van der Waals surface area (Å²) in [6.07, 6.45) is 1.98. The van der Waals surface area contributed by atoms with Crippen LogP contribution in [0.25, 0.3) is 0 Å². The van der Waals surface area contributed by atoms with Crippen LogP contribution < -0.4 is 21.3 Å². The zero-order chi connectivity index (χ0) is 25.3. The summed E-state index contributed by atoms with van der Waals surface area (Å²) in [4.78, 5) is 69.1. The fourth-order valence-electron chi connectivity index (χ4n) is 2.60. The number of hydrogen-bond donors (Lipinski definition) is 4. The molecule has 14 heteroatoms. The molecule has 0 saturated carbocycles. The van der Waals surface area contributed by atoms with E-state index in [1.807, 2.05) is 0 Å². The van der Waals surface area contributed by atoms with E-state index in [0.717, 1.165) is 12.2 Å². The molecule has 0 spiro atoms. The third-order valence-corrected chi connectivity index (χ3v) is 4.32. The maximum absolute atomic E-state index is 11.2. The van der Waals surface area contributed by atoms with Gasteiger partial charge >= 0.3 is 24.0 Å². The van der Waals surface area contributed by atoms with Crippen molar-refractivity contribution in [3.8, 4) is 0 Å². The molecule has 188 valence electrons. The molecule has 0 aromatic heterocycles. The fraction of sp³-hybridized carbons (Fsp3) is 0.500. The van der Waals surface area contributed by atoms with Crippen LogP contribution in [0, 0.1) is 0 Å². The molecule has 2 fully saturated rings. The van der Waals surface area contributed by atoms with Crippen LogP contribution >= 0.6 is 0 Å². The molecule has 0 aromatic carbocycles. The van der Waals surface area contributed by atoms with E-state index in [9.17, 15) is 28.8 Å². The van der Waals surface area contributed by atoms with Crippen molar-refractivity contribution in [2.75, 3.05) is 65.6 Å². The van der Waals surface area contributed by atoms with Gasteiger partial charge in [0.1, 0.15) is 0 Å². The number of carbonyl (C=O) groups is 6. The molecule has 2 rings (SSSR count). The second-order valence-corrected chi connectivity index (χ2v) is 6.76. The van der Waals surface area contributed by atoms with Crippen LogP contribution in [0.4, 0.5) is 9.59 Å². The highest BCUT2D eigenvalue weighted by atomic mass is 16.5. The Labute approximate surface area is 196 Å². The average molecular weight is 482 g/mol. The molecule has 14 nitrogen and oxygen atoms in total. The summed E-state index contributed by atoms with van der Waals surface area (Å²) in [7, 11) is 0. The van der Waals surface area contributed by atoms with Gasteiger partial charge in [0.05, 0.1) is 0 Å². The van der Waals surface area contributed by atoms with Gasteiger partial charge in [0.15, 0.2) is 13.2 Å². The molecule has 2 aliphatic heterocycles. The third kappa shape index (κ3) is 11.5. The molecule has 0 aromatic rings. The maximum Gasteiger partial charge on any atom is 0.330 e. The van der Waals surface area contributed by atoms with Crippen LogP contribution in [0.2, 0.25) is 0 Å². The standard InChI is InChI=1S/2C10H15N3O4/c2*1-2-9(15)17-7-8(14)11-3-5-13-6-4-12-10(13)16/h2*2H,1,3-7H2,(H,11,14)(H,12,16). The summed E-state index contributed by atoms with van der Waals surface area (Å²) >= 11 is 0. The predicted octanol–water partition coefficient (Wildman–Crippen LogP) is -2.29. The van der Waals surface area contributed by atoms with Crippen molar-refractivity contribution in [3.63, 3.8) is 0 Å². The molecule has 0 atom stereocenters. The zero-order valence-electron chi connectivity index (χ0n) is 18.8. The van der Waals surface area contributed by atoms with Gasteiger partial charge in [0.25, 0.3) is 11.8 Å². The van der Waals surface area contributed by atoms with Gasteiger partial charge in [0, 0.05) is 64.5 Å². The lowest BCUT2D eigenvalue weighted by Crippen LogP contribution is -2.38. The number of hydrogen-bond acceptors (Lipinski definition) is 8. The lowest BCUT2D eigenvalue weighted by atomic mass is 10.5. The molecular formula is C20H30N6O8. The number of nitrogens with zero attached hydrogens (tertiary/aromatic N) is 2. The number of rotatable bonds is 12. The van der Waals surface area contributed by atoms with Crippen LogP contribution in [0.15, 0.2) is 25.3 Å². The highest BCUT2D eigenvalue weighted by molar-refractivity contribution is 5.86. The number of amides is 6. The van der Waals surface area contributed by atoms with Gasteiger partial charge in [-0.1, -0.05) is 13.2 Å². The summed E-state index contributed by atoms with van der Waals surface area (Å²) in [5.74, 6) is -2.09. The molecule has 2 heterocycles. The van der Waals surface area contributed by atoms with E-state index in [2.05, 4.69) is 43.9 Å². The van der Waals surface area contributed by atoms with Gasteiger partial charge in [-0.3, -0.25) is 9.59 Å². The second kappa shape index (κ2) is 15.7. The number of urea groups is 2. The van der Waals surface area contributed by atoms with Crippen molar-refractivity contribution >= 4 is 35.8 Å². The van der Waals surface area contributed by atoms with Crippen LogP contribution in [0.3, 0.4) is 0 Å². The minimum atomic E-state index is -0.640. The molecule has 6 amide bonds. The van der Waals surface area contributed by atoms with Crippen molar-refractivity contribution in [1.82, 2.24) is 31.1 Å². The highest BCUT2D eigenvalue weighted by Crippen LogP contribution is 1.95. The summed E-state index contributed by atoms with van der Waals surface area (Å²) in [5.41, 5.74) is 0. The van der Waals surface area contributed by atoms with Crippen LogP contribution in [0.5, 0.6) is 0 Å². The molecule has 4 N–H and O–H groups in total. The second-order valence-electron chi connectivity index (χ2n) is 6.76. The lowest BCUT2D eigenvalue weighted by molar-refractivity contribution is -0.143. The summed E-state index contributed by atoms with van der Waals surface area (Å²) < 4.78 is 9.07. The number of carbonyl (C=O) groups excluding carboxylic acids is 6. The van der Waals surface area contributed by atoms with Crippen molar-refractivity contribution < 1.29 is 38.2 Å². The van der Waals surface area contributed by atoms with Crippen LogP contribution in [-0.4, -0.2) is 111 Å². The lowest BCUT2D eigenvalue weighted by Gasteiger charge is -2.14. The first-order valence-corrected chi connectivity index (χ1v) is 10.4. The summed E-state index contributed by atoms with van der Waals surface area (Å²) in [6, 6.07) is -0.255. The quantitative estimate of drug-likeness (QED) is 0.178. The van der Waals surface area contributed by atoms with E-state index in [1.165, 1.54) is 0 Å². The molecule has 2 aliphatic rings. The van der Waals surface area contributed by atoms with Crippen molar-refractivity contribution in [1.29, 1.82) is 0 Å². The summed E-state index contributed by atoms with van der Waals surface area (Å²) in [5, 5.41) is 10.4. The van der Waals surface area contributed by atoms with Gasteiger partial charge in [-0.05, 0) is 0 Å². The number of nitrogens with one attached hydrogen (secondary N) is 4. The van der Waals surface area contributed by atoms with Gasteiger partial charge in [-0.25, -0.2) is 19.2 Å². The van der Waals surface area contributed by atoms with E-state index < -0.39 is 23.8 Å². The molecular weight excluding hydrogens is 452 g/mol. The Balaban J connectivity index is 0.000000340. The molecule has 34 heavy (non-hydrogen) atoms. The normalized spacial score (nSPS) is 14.1. The minimum Gasteiger partial charge on any atom is -0.452 e. The first-order valence-electron chi connectivity index (χ1n) is 10.4. The SMILES string of the molecule is C=CC(=O)OCC(=O)NCCN1CCNC1=O.C=CC(=O)OCC(=O)NCCN1CCNC1=O. The average Bonchev–Trinajstić information content (AvgIpc) is 3.43. The maximum atomic E-state index is 11.2. The molecule has 0 radical (unpaired) electrons. The Hall–Kier alpha value is -4.10.